The van der Waals surface area contributed by atoms with Crippen LogP contribution in [0.15, 0.2) is 30.5 Å². The first-order chi connectivity index (χ1) is 10.3. The first kappa shape index (κ1) is 14.1. The lowest BCUT2D eigenvalue weighted by atomic mass is 10.1. The maximum absolute atomic E-state index is 5.94. The lowest BCUT2D eigenvalue weighted by molar-refractivity contribution is 0.0441. The van der Waals surface area contributed by atoms with Crippen LogP contribution in [0.3, 0.4) is 0 Å². The highest BCUT2D eigenvalue weighted by Crippen LogP contribution is 2.29. The number of nitrogen functional groups attached to an aromatic ring is 1. The van der Waals surface area contributed by atoms with Gasteiger partial charge in [0.15, 0.2) is 0 Å². The summed E-state index contributed by atoms with van der Waals surface area (Å²) in [5, 5.41) is 1.17. The number of ether oxygens (including phenoxy) is 1. The lowest BCUT2D eigenvalue weighted by Crippen LogP contribution is -2.40. The van der Waals surface area contributed by atoms with Crippen molar-refractivity contribution in [2.75, 3.05) is 30.3 Å². The average molecular weight is 285 g/mol. The third-order valence-electron chi connectivity index (χ3n) is 4.02. The minimum atomic E-state index is 0.343. The van der Waals surface area contributed by atoms with Crippen molar-refractivity contribution in [2.45, 2.75) is 32.3 Å². The highest BCUT2D eigenvalue weighted by molar-refractivity contribution is 5.93. The van der Waals surface area contributed by atoms with Crippen LogP contribution in [0.4, 0.5) is 11.4 Å². The molecule has 1 aromatic carbocycles. The Morgan fingerprint density at radius 1 is 1.38 bits per heavy atom. The van der Waals surface area contributed by atoms with Crippen LogP contribution in [0.25, 0.3) is 10.9 Å². The van der Waals surface area contributed by atoms with Crippen LogP contribution < -0.4 is 10.6 Å². The van der Waals surface area contributed by atoms with Gasteiger partial charge < -0.3 is 15.4 Å². The van der Waals surface area contributed by atoms with E-state index in [1.54, 1.807) is 0 Å². The van der Waals surface area contributed by atoms with Gasteiger partial charge in [-0.15, -0.1) is 0 Å². The maximum Gasteiger partial charge on any atom is 0.0750 e. The number of hydrogen-bond acceptors (Lipinski definition) is 4. The van der Waals surface area contributed by atoms with Gasteiger partial charge in [0.2, 0.25) is 0 Å². The fraction of sp³-hybridized carbons (Fsp3) is 0.471. The van der Waals surface area contributed by atoms with Crippen LogP contribution in [0.2, 0.25) is 0 Å². The number of fused-ring (bicyclic) bond motifs is 1. The molecule has 3 rings (SSSR count). The van der Waals surface area contributed by atoms with Crippen molar-refractivity contribution in [1.82, 2.24) is 4.98 Å². The quantitative estimate of drug-likeness (QED) is 0.876. The largest absolute Gasteiger partial charge is 0.399 e. The van der Waals surface area contributed by atoms with E-state index in [0.717, 1.165) is 43.7 Å². The minimum absolute atomic E-state index is 0.343. The van der Waals surface area contributed by atoms with Gasteiger partial charge >= 0.3 is 0 Å². The number of nitrogens with two attached hydrogens (primary N) is 1. The minimum Gasteiger partial charge on any atom is -0.399 e. The van der Waals surface area contributed by atoms with E-state index in [0.29, 0.717) is 6.10 Å². The standard InChI is InChI=1S/C17H23N3O/c1-2-10-21-14-4-3-9-20(12-14)17-7-8-19-16-11-13(18)5-6-15(16)17/h5-8,11,14H,2-4,9-10,12,18H2,1H3. The van der Waals surface area contributed by atoms with Crippen LogP contribution in [0.5, 0.6) is 0 Å². The summed E-state index contributed by atoms with van der Waals surface area (Å²) in [6, 6.07) is 8.06. The van der Waals surface area contributed by atoms with E-state index in [1.165, 1.54) is 17.5 Å². The average Bonchev–Trinajstić information content (AvgIpc) is 2.52. The number of rotatable bonds is 4. The number of benzene rings is 1. The van der Waals surface area contributed by atoms with E-state index >= 15 is 0 Å². The van der Waals surface area contributed by atoms with Gasteiger partial charge in [-0.1, -0.05) is 6.92 Å². The Kier molecular flexibility index (Phi) is 4.25. The molecule has 2 N–H and O–H groups in total. The van der Waals surface area contributed by atoms with E-state index < -0.39 is 0 Å². The fourth-order valence-corrected chi connectivity index (χ4v) is 3.00. The maximum atomic E-state index is 5.94. The van der Waals surface area contributed by atoms with E-state index in [1.807, 2.05) is 18.3 Å². The Hall–Kier alpha value is -1.81. The van der Waals surface area contributed by atoms with Crippen molar-refractivity contribution < 1.29 is 4.74 Å². The number of piperidine rings is 1. The molecule has 4 heteroatoms. The second-order valence-electron chi connectivity index (χ2n) is 5.69. The molecule has 2 heterocycles. The number of aromatic nitrogens is 1. The first-order valence-corrected chi connectivity index (χ1v) is 7.78. The van der Waals surface area contributed by atoms with Crippen LogP contribution in [-0.2, 0) is 4.74 Å². The smallest absolute Gasteiger partial charge is 0.0750 e. The molecule has 1 aliphatic rings. The van der Waals surface area contributed by atoms with Gasteiger partial charge in [0.25, 0.3) is 0 Å². The molecular weight excluding hydrogens is 262 g/mol. The fourth-order valence-electron chi connectivity index (χ4n) is 3.00. The molecule has 1 unspecified atom stereocenters. The second kappa shape index (κ2) is 6.31. The third-order valence-corrected chi connectivity index (χ3v) is 4.02. The molecule has 0 aliphatic carbocycles. The monoisotopic (exact) mass is 285 g/mol. The second-order valence-corrected chi connectivity index (χ2v) is 5.69. The Morgan fingerprint density at radius 2 is 2.29 bits per heavy atom. The van der Waals surface area contributed by atoms with Gasteiger partial charge in [0.1, 0.15) is 0 Å². The molecule has 112 valence electrons. The summed E-state index contributed by atoms with van der Waals surface area (Å²) in [6.45, 7) is 5.05. The molecule has 1 aliphatic heterocycles. The van der Waals surface area contributed by atoms with Gasteiger partial charge in [0, 0.05) is 42.7 Å². The van der Waals surface area contributed by atoms with Crippen molar-refractivity contribution in [2.24, 2.45) is 0 Å². The SMILES string of the molecule is CCCOC1CCCN(c2ccnc3cc(N)ccc23)C1. The molecule has 1 fully saturated rings. The van der Waals surface area contributed by atoms with Crippen molar-refractivity contribution in [3.8, 4) is 0 Å². The highest BCUT2D eigenvalue weighted by Gasteiger charge is 2.21. The predicted octanol–water partition coefficient (Wildman–Crippen LogP) is 3.21. The van der Waals surface area contributed by atoms with E-state index in [2.05, 4.69) is 28.9 Å². The summed E-state index contributed by atoms with van der Waals surface area (Å²) in [5.74, 6) is 0. The van der Waals surface area contributed by atoms with Gasteiger partial charge in [-0.2, -0.15) is 0 Å². The zero-order chi connectivity index (χ0) is 14.7. The third kappa shape index (κ3) is 3.10. The number of nitrogens with zero attached hydrogens (tertiary/aromatic N) is 2. The Morgan fingerprint density at radius 3 is 3.14 bits per heavy atom. The number of anilines is 2. The molecule has 4 nitrogen and oxygen atoms in total. The molecule has 1 saturated heterocycles. The summed E-state index contributed by atoms with van der Waals surface area (Å²) in [5.41, 5.74) is 8.82. The van der Waals surface area contributed by atoms with E-state index in [9.17, 15) is 0 Å². The molecule has 0 radical (unpaired) electrons. The van der Waals surface area contributed by atoms with Crippen molar-refractivity contribution in [3.63, 3.8) is 0 Å². The van der Waals surface area contributed by atoms with Crippen molar-refractivity contribution in [1.29, 1.82) is 0 Å². The van der Waals surface area contributed by atoms with Gasteiger partial charge in [-0.05, 0) is 43.5 Å². The molecule has 0 bridgehead atoms. The van der Waals surface area contributed by atoms with Crippen LogP contribution in [0.1, 0.15) is 26.2 Å². The summed E-state index contributed by atoms with van der Waals surface area (Å²) >= 11 is 0. The molecule has 0 saturated carbocycles. The lowest BCUT2D eigenvalue weighted by Gasteiger charge is -2.34. The molecule has 21 heavy (non-hydrogen) atoms. The van der Waals surface area contributed by atoms with Crippen LogP contribution in [-0.4, -0.2) is 30.8 Å². The topological polar surface area (TPSA) is 51.4 Å². The van der Waals surface area contributed by atoms with Gasteiger partial charge in [0.05, 0.1) is 11.6 Å². The molecule has 1 atom stereocenters. The Labute approximate surface area is 125 Å². The highest BCUT2D eigenvalue weighted by atomic mass is 16.5. The summed E-state index contributed by atoms with van der Waals surface area (Å²) < 4.78 is 5.94. The zero-order valence-electron chi connectivity index (χ0n) is 12.6. The molecule has 2 aromatic rings. The van der Waals surface area contributed by atoms with Crippen molar-refractivity contribution >= 4 is 22.3 Å². The summed E-state index contributed by atoms with van der Waals surface area (Å²) in [7, 11) is 0. The van der Waals surface area contributed by atoms with E-state index in [4.69, 9.17) is 10.5 Å². The molecular formula is C17H23N3O. The summed E-state index contributed by atoms with van der Waals surface area (Å²) in [4.78, 5) is 6.85. The molecule has 0 amide bonds. The van der Waals surface area contributed by atoms with E-state index in [-0.39, 0.29) is 0 Å². The van der Waals surface area contributed by atoms with Crippen LogP contribution >= 0.6 is 0 Å². The Balaban J connectivity index is 1.86. The zero-order valence-corrected chi connectivity index (χ0v) is 12.6. The normalized spacial score (nSPS) is 19.1. The predicted molar refractivity (Wildman–Crippen MR) is 87.6 cm³/mol. The number of pyridine rings is 1. The van der Waals surface area contributed by atoms with Gasteiger partial charge in [-0.3, -0.25) is 4.98 Å². The first-order valence-electron chi connectivity index (χ1n) is 7.78. The van der Waals surface area contributed by atoms with Gasteiger partial charge in [-0.25, -0.2) is 0 Å². The Bertz CT molecular complexity index is 614. The van der Waals surface area contributed by atoms with Crippen LogP contribution in [0, 0.1) is 0 Å². The van der Waals surface area contributed by atoms with Crippen molar-refractivity contribution in [3.05, 3.63) is 30.5 Å². The summed E-state index contributed by atoms with van der Waals surface area (Å²) in [6.07, 6.45) is 5.62. The number of hydrogen-bond donors (Lipinski definition) is 1. The molecule has 0 spiro atoms. The molecule has 1 aromatic heterocycles.